The van der Waals surface area contributed by atoms with E-state index in [4.69, 9.17) is 0 Å². The maximum absolute atomic E-state index is 12.6. The first kappa shape index (κ1) is 16.0. The van der Waals surface area contributed by atoms with Crippen LogP contribution in [0.5, 0.6) is 0 Å². The van der Waals surface area contributed by atoms with E-state index in [-0.39, 0.29) is 18.5 Å². The predicted molar refractivity (Wildman–Crippen MR) is 82.1 cm³/mol. The Balaban J connectivity index is 2.20. The molecule has 2 rings (SSSR count). The van der Waals surface area contributed by atoms with E-state index in [2.05, 4.69) is 10.6 Å². The average Bonchev–Trinajstić information content (AvgIpc) is 2.63. The highest BCUT2D eigenvalue weighted by molar-refractivity contribution is 6.09. The Kier molecular flexibility index (Phi) is 4.21. The molecule has 0 bridgehead atoms. The van der Waals surface area contributed by atoms with Crippen LogP contribution in [-0.2, 0) is 15.1 Å². The summed E-state index contributed by atoms with van der Waals surface area (Å²) in [6.07, 6.45) is 0. The molecule has 1 atom stereocenters. The minimum Gasteiger partial charge on any atom is -0.352 e. The minimum atomic E-state index is -1.14. The third-order valence-corrected chi connectivity index (χ3v) is 3.66. The van der Waals surface area contributed by atoms with Crippen molar-refractivity contribution in [3.05, 3.63) is 35.4 Å². The molecule has 1 heterocycles. The summed E-state index contributed by atoms with van der Waals surface area (Å²) in [6, 6.07) is 6.79. The van der Waals surface area contributed by atoms with Crippen LogP contribution in [0, 0.1) is 6.92 Å². The standard InChI is InChI=1S/C16H21N3O3/c1-10(2)17-13(20)9-19-14(21)16(4,18-15(19)22)12-7-5-11(3)6-8-12/h5-8,10H,9H2,1-4H3,(H,17,20)(H,18,22)/t16-/m0/s1. The Hall–Kier alpha value is -2.37. The summed E-state index contributed by atoms with van der Waals surface area (Å²) >= 11 is 0. The van der Waals surface area contributed by atoms with Crippen LogP contribution in [0.3, 0.4) is 0 Å². The van der Waals surface area contributed by atoms with E-state index in [0.29, 0.717) is 5.56 Å². The van der Waals surface area contributed by atoms with Gasteiger partial charge in [-0.1, -0.05) is 29.8 Å². The monoisotopic (exact) mass is 303 g/mol. The zero-order valence-corrected chi connectivity index (χ0v) is 13.3. The second-order valence-corrected chi connectivity index (χ2v) is 6.03. The summed E-state index contributed by atoms with van der Waals surface area (Å²) in [4.78, 5) is 37.4. The first-order chi connectivity index (χ1) is 10.2. The fourth-order valence-electron chi connectivity index (χ4n) is 2.43. The maximum atomic E-state index is 12.6. The molecular weight excluding hydrogens is 282 g/mol. The number of hydrogen-bond donors (Lipinski definition) is 2. The van der Waals surface area contributed by atoms with Gasteiger partial charge in [-0.3, -0.25) is 14.5 Å². The molecular formula is C16H21N3O3. The highest BCUT2D eigenvalue weighted by Gasteiger charge is 2.49. The molecule has 1 aromatic rings. The lowest BCUT2D eigenvalue weighted by molar-refractivity contribution is -0.135. The van der Waals surface area contributed by atoms with Gasteiger partial charge in [-0.05, 0) is 33.3 Å². The van der Waals surface area contributed by atoms with Gasteiger partial charge in [0.2, 0.25) is 5.91 Å². The summed E-state index contributed by atoms with van der Waals surface area (Å²) in [5.41, 5.74) is 0.628. The lowest BCUT2D eigenvalue weighted by Gasteiger charge is -2.22. The Morgan fingerprint density at radius 3 is 2.41 bits per heavy atom. The lowest BCUT2D eigenvalue weighted by atomic mass is 9.91. The topological polar surface area (TPSA) is 78.5 Å². The maximum Gasteiger partial charge on any atom is 0.325 e. The molecule has 0 radical (unpaired) electrons. The van der Waals surface area contributed by atoms with Crippen LogP contribution >= 0.6 is 0 Å². The summed E-state index contributed by atoms with van der Waals surface area (Å²) in [7, 11) is 0. The minimum absolute atomic E-state index is 0.0447. The van der Waals surface area contributed by atoms with Crippen molar-refractivity contribution in [3.63, 3.8) is 0 Å². The van der Waals surface area contributed by atoms with Crippen LogP contribution in [0.2, 0.25) is 0 Å². The van der Waals surface area contributed by atoms with Crippen molar-refractivity contribution >= 4 is 17.8 Å². The zero-order chi connectivity index (χ0) is 16.5. The number of benzene rings is 1. The molecule has 22 heavy (non-hydrogen) atoms. The van der Waals surface area contributed by atoms with Crippen LogP contribution in [0.25, 0.3) is 0 Å². The molecule has 0 aromatic heterocycles. The Morgan fingerprint density at radius 1 is 1.27 bits per heavy atom. The third kappa shape index (κ3) is 2.95. The number of rotatable bonds is 4. The number of hydrogen-bond acceptors (Lipinski definition) is 3. The third-order valence-electron chi connectivity index (χ3n) is 3.66. The van der Waals surface area contributed by atoms with E-state index in [1.165, 1.54) is 0 Å². The summed E-state index contributed by atoms with van der Waals surface area (Å²) in [5.74, 6) is -0.771. The zero-order valence-electron chi connectivity index (χ0n) is 13.3. The Labute approximate surface area is 129 Å². The van der Waals surface area contributed by atoms with Crippen LogP contribution in [0.15, 0.2) is 24.3 Å². The average molecular weight is 303 g/mol. The molecule has 0 aliphatic carbocycles. The number of imide groups is 1. The molecule has 1 fully saturated rings. The second-order valence-electron chi connectivity index (χ2n) is 6.03. The number of carbonyl (C=O) groups excluding carboxylic acids is 3. The molecule has 1 aromatic carbocycles. The highest BCUT2D eigenvalue weighted by Crippen LogP contribution is 2.28. The molecule has 1 saturated heterocycles. The van der Waals surface area contributed by atoms with Crippen molar-refractivity contribution in [2.45, 2.75) is 39.3 Å². The summed E-state index contributed by atoms with van der Waals surface area (Å²) in [6.45, 7) is 6.96. The van der Waals surface area contributed by atoms with Crippen LogP contribution in [0.4, 0.5) is 4.79 Å². The SMILES string of the molecule is Cc1ccc([C@]2(C)NC(=O)N(CC(=O)NC(C)C)C2=O)cc1. The Bertz CT molecular complexity index is 610. The largest absolute Gasteiger partial charge is 0.352 e. The fraction of sp³-hybridized carbons (Fsp3) is 0.438. The molecule has 1 aliphatic heterocycles. The van der Waals surface area contributed by atoms with E-state index in [9.17, 15) is 14.4 Å². The number of aryl methyl sites for hydroxylation is 1. The van der Waals surface area contributed by atoms with Gasteiger partial charge in [-0.2, -0.15) is 0 Å². The van der Waals surface area contributed by atoms with Crippen LogP contribution in [-0.4, -0.2) is 35.3 Å². The molecule has 6 nitrogen and oxygen atoms in total. The molecule has 0 unspecified atom stereocenters. The number of carbonyl (C=O) groups is 3. The molecule has 0 spiro atoms. The lowest BCUT2D eigenvalue weighted by Crippen LogP contribution is -2.44. The predicted octanol–water partition coefficient (Wildman–Crippen LogP) is 1.29. The van der Waals surface area contributed by atoms with Gasteiger partial charge in [-0.15, -0.1) is 0 Å². The summed E-state index contributed by atoms with van der Waals surface area (Å²) in [5, 5.41) is 5.35. The van der Waals surface area contributed by atoms with Crippen molar-refractivity contribution in [2.24, 2.45) is 0 Å². The van der Waals surface area contributed by atoms with Crippen molar-refractivity contribution in [1.82, 2.24) is 15.5 Å². The molecule has 2 N–H and O–H groups in total. The van der Waals surface area contributed by atoms with Gasteiger partial charge in [0.1, 0.15) is 12.1 Å². The van der Waals surface area contributed by atoms with Crippen LogP contribution in [0.1, 0.15) is 31.9 Å². The number of urea groups is 1. The summed E-state index contributed by atoms with van der Waals surface area (Å²) < 4.78 is 0. The van der Waals surface area contributed by atoms with E-state index >= 15 is 0 Å². The number of nitrogens with one attached hydrogen (secondary N) is 2. The molecule has 118 valence electrons. The van der Waals surface area contributed by atoms with Gasteiger partial charge in [0.05, 0.1) is 0 Å². The highest BCUT2D eigenvalue weighted by atomic mass is 16.2. The van der Waals surface area contributed by atoms with Crippen molar-refractivity contribution < 1.29 is 14.4 Å². The van der Waals surface area contributed by atoms with Gasteiger partial charge >= 0.3 is 6.03 Å². The van der Waals surface area contributed by atoms with Gasteiger partial charge < -0.3 is 10.6 Å². The van der Waals surface area contributed by atoms with E-state index in [1.807, 2.05) is 45.0 Å². The molecule has 1 aliphatic rings. The van der Waals surface area contributed by atoms with E-state index in [1.54, 1.807) is 6.92 Å². The molecule has 6 heteroatoms. The van der Waals surface area contributed by atoms with Crippen LogP contribution < -0.4 is 10.6 Å². The van der Waals surface area contributed by atoms with Gasteiger partial charge in [0.15, 0.2) is 0 Å². The number of amides is 4. The van der Waals surface area contributed by atoms with Crippen molar-refractivity contribution in [1.29, 1.82) is 0 Å². The van der Waals surface area contributed by atoms with Gasteiger partial charge in [-0.25, -0.2) is 4.79 Å². The van der Waals surface area contributed by atoms with E-state index < -0.39 is 17.5 Å². The first-order valence-electron chi connectivity index (χ1n) is 7.24. The fourth-order valence-corrected chi connectivity index (χ4v) is 2.43. The molecule has 4 amide bonds. The smallest absolute Gasteiger partial charge is 0.325 e. The number of nitrogens with zero attached hydrogens (tertiary/aromatic N) is 1. The quantitative estimate of drug-likeness (QED) is 0.823. The van der Waals surface area contributed by atoms with Gasteiger partial charge in [0, 0.05) is 6.04 Å². The van der Waals surface area contributed by atoms with Gasteiger partial charge in [0.25, 0.3) is 5.91 Å². The Morgan fingerprint density at radius 2 is 1.86 bits per heavy atom. The van der Waals surface area contributed by atoms with E-state index in [0.717, 1.165) is 10.5 Å². The van der Waals surface area contributed by atoms with Crippen molar-refractivity contribution in [3.8, 4) is 0 Å². The normalized spacial score (nSPS) is 21.2. The second kappa shape index (κ2) is 5.79. The van der Waals surface area contributed by atoms with Crippen molar-refractivity contribution in [2.75, 3.05) is 6.54 Å². The first-order valence-corrected chi connectivity index (χ1v) is 7.24. The molecule has 0 saturated carbocycles.